The number of nitro benzene ring substituents is 1. The van der Waals surface area contributed by atoms with Gasteiger partial charge >= 0.3 is 5.69 Å². The third-order valence-electron chi connectivity index (χ3n) is 3.93. The van der Waals surface area contributed by atoms with E-state index in [4.69, 9.17) is 0 Å². The predicted octanol–water partition coefficient (Wildman–Crippen LogP) is 2.51. The first kappa shape index (κ1) is 15.8. The summed E-state index contributed by atoms with van der Waals surface area (Å²) in [6.45, 7) is 3.18. The van der Waals surface area contributed by atoms with Gasteiger partial charge in [-0.25, -0.2) is 13.1 Å². The highest BCUT2D eigenvalue weighted by Gasteiger charge is 2.30. The molecule has 0 bridgehead atoms. The Balaban J connectivity index is 2.34. The van der Waals surface area contributed by atoms with Gasteiger partial charge in [-0.2, -0.15) is 4.39 Å². The summed E-state index contributed by atoms with van der Waals surface area (Å²) in [5.41, 5.74) is -0.691. The number of halogens is 1. The highest BCUT2D eigenvalue weighted by Crippen LogP contribution is 2.31. The van der Waals surface area contributed by atoms with E-state index < -0.39 is 26.5 Å². The van der Waals surface area contributed by atoms with Gasteiger partial charge in [-0.15, -0.1) is 0 Å². The van der Waals surface area contributed by atoms with E-state index in [1.807, 2.05) is 0 Å². The van der Waals surface area contributed by atoms with Gasteiger partial charge in [0, 0.05) is 12.1 Å². The Hall–Kier alpha value is -1.54. The molecule has 1 unspecified atom stereocenters. The zero-order valence-electron chi connectivity index (χ0n) is 11.8. The minimum Gasteiger partial charge on any atom is -0.258 e. The summed E-state index contributed by atoms with van der Waals surface area (Å²) in [6, 6.07) is 1.41. The number of benzene rings is 1. The molecule has 1 aromatic carbocycles. The summed E-state index contributed by atoms with van der Waals surface area (Å²) < 4.78 is 40.7. The molecule has 0 amide bonds. The summed E-state index contributed by atoms with van der Waals surface area (Å²) >= 11 is 0. The van der Waals surface area contributed by atoms with Crippen LogP contribution in [0, 0.1) is 28.8 Å². The van der Waals surface area contributed by atoms with E-state index in [1.165, 1.54) is 6.92 Å². The smallest absolute Gasteiger partial charge is 0.258 e. The summed E-state index contributed by atoms with van der Waals surface area (Å²) in [7, 11) is -3.91. The van der Waals surface area contributed by atoms with Crippen LogP contribution in [0.25, 0.3) is 0 Å². The molecule has 8 heteroatoms. The second-order valence-electron chi connectivity index (χ2n) is 5.43. The normalized spacial score (nSPS) is 17.3. The Kier molecular flexibility index (Phi) is 4.29. The maximum atomic E-state index is 13.5. The first-order valence-corrected chi connectivity index (χ1v) is 8.17. The van der Waals surface area contributed by atoms with Crippen molar-refractivity contribution in [2.24, 2.45) is 5.92 Å². The van der Waals surface area contributed by atoms with Crippen LogP contribution in [0.5, 0.6) is 0 Å². The molecule has 1 atom stereocenters. The SMILES string of the molecule is Cc1cc(F)c([N+](=O)[O-])cc1S(=O)(=O)NC(C)C1CCC1. The molecule has 1 aliphatic carbocycles. The van der Waals surface area contributed by atoms with Crippen LogP contribution in [0.3, 0.4) is 0 Å². The van der Waals surface area contributed by atoms with E-state index >= 15 is 0 Å². The maximum Gasteiger partial charge on any atom is 0.306 e. The molecule has 1 N–H and O–H groups in total. The van der Waals surface area contributed by atoms with Gasteiger partial charge in [0.25, 0.3) is 0 Å². The average Bonchev–Trinajstić information content (AvgIpc) is 2.23. The zero-order valence-corrected chi connectivity index (χ0v) is 12.6. The highest BCUT2D eigenvalue weighted by molar-refractivity contribution is 7.89. The standard InChI is InChI=1S/C13H17FN2O4S/c1-8-6-11(14)12(16(17)18)7-13(8)21(19,20)15-9(2)10-4-3-5-10/h6-7,9-10,15H,3-5H2,1-2H3. The van der Waals surface area contributed by atoms with E-state index in [0.717, 1.165) is 31.4 Å². The van der Waals surface area contributed by atoms with Gasteiger partial charge in [0.05, 0.1) is 9.82 Å². The maximum absolute atomic E-state index is 13.5. The summed E-state index contributed by atoms with van der Waals surface area (Å²) in [5.74, 6) is -0.751. The molecule has 1 aliphatic rings. The molecule has 1 fully saturated rings. The molecular weight excluding hydrogens is 299 g/mol. The van der Waals surface area contributed by atoms with Crippen LogP contribution in [0.2, 0.25) is 0 Å². The van der Waals surface area contributed by atoms with Crippen LogP contribution < -0.4 is 4.72 Å². The molecule has 6 nitrogen and oxygen atoms in total. The van der Waals surface area contributed by atoms with E-state index in [9.17, 15) is 22.9 Å². The van der Waals surface area contributed by atoms with Gasteiger partial charge in [-0.3, -0.25) is 10.1 Å². The molecule has 0 saturated heterocycles. The number of nitrogens with zero attached hydrogens (tertiary/aromatic N) is 1. The third kappa shape index (κ3) is 3.21. The second-order valence-corrected chi connectivity index (χ2v) is 7.11. The van der Waals surface area contributed by atoms with Crippen LogP contribution in [-0.2, 0) is 10.0 Å². The number of rotatable bonds is 5. The minimum atomic E-state index is -3.91. The van der Waals surface area contributed by atoms with Crippen molar-refractivity contribution < 1.29 is 17.7 Å². The monoisotopic (exact) mass is 316 g/mol. The topological polar surface area (TPSA) is 89.3 Å². The van der Waals surface area contributed by atoms with Crippen LogP contribution in [-0.4, -0.2) is 19.4 Å². The van der Waals surface area contributed by atoms with Gasteiger partial charge < -0.3 is 0 Å². The molecule has 2 rings (SSSR count). The summed E-state index contributed by atoms with van der Waals surface area (Å²) in [6.07, 6.45) is 3.01. The number of aryl methyl sites for hydroxylation is 1. The molecule has 0 spiro atoms. The van der Waals surface area contributed by atoms with Crippen molar-refractivity contribution in [2.45, 2.75) is 44.0 Å². The van der Waals surface area contributed by atoms with Gasteiger partial charge in [0.1, 0.15) is 0 Å². The largest absolute Gasteiger partial charge is 0.306 e. The second kappa shape index (κ2) is 5.69. The van der Waals surface area contributed by atoms with Gasteiger partial charge in [0.15, 0.2) is 0 Å². The number of nitrogens with one attached hydrogen (secondary N) is 1. The Labute approximate surface area is 122 Å². The first-order chi connectivity index (χ1) is 9.72. The van der Waals surface area contributed by atoms with Gasteiger partial charge in [-0.1, -0.05) is 6.42 Å². The molecule has 0 aromatic heterocycles. The fraction of sp³-hybridized carbons (Fsp3) is 0.538. The van der Waals surface area contributed by atoms with Gasteiger partial charge in [-0.05, 0) is 44.2 Å². The van der Waals surface area contributed by atoms with Crippen LogP contribution in [0.15, 0.2) is 17.0 Å². The highest BCUT2D eigenvalue weighted by atomic mass is 32.2. The molecule has 0 aliphatic heterocycles. The van der Waals surface area contributed by atoms with Crippen molar-refractivity contribution in [3.63, 3.8) is 0 Å². The number of nitro groups is 1. The Morgan fingerprint density at radius 2 is 2.05 bits per heavy atom. The number of hydrogen-bond donors (Lipinski definition) is 1. The fourth-order valence-corrected chi connectivity index (χ4v) is 3.97. The third-order valence-corrected chi connectivity index (χ3v) is 5.63. The lowest BCUT2D eigenvalue weighted by Crippen LogP contribution is -2.40. The Bertz CT molecular complexity index is 671. The van der Waals surface area contributed by atoms with Crippen molar-refractivity contribution in [2.75, 3.05) is 0 Å². The van der Waals surface area contributed by atoms with Crippen molar-refractivity contribution in [3.8, 4) is 0 Å². The number of hydrogen-bond acceptors (Lipinski definition) is 4. The van der Waals surface area contributed by atoms with Crippen LogP contribution in [0.1, 0.15) is 31.7 Å². The molecule has 116 valence electrons. The number of sulfonamides is 1. The van der Waals surface area contributed by atoms with Crippen molar-refractivity contribution in [1.29, 1.82) is 0 Å². The van der Waals surface area contributed by atoms with Crippen LogP contribution >= 0.6 is 0 Å². The Morgan fingerprint density at radius 3 is 2.52 bits per heavy atom. The van der Waals surface area contributed by atoms with Crippen molar-refractivity contribution in [1.82, 2.24) is 4.72 Å². The van der Waals surface area contributed by atoms with Gasteiger partial charge in [0.2, 0.25) is 15.8 Å². The van der Waals surface area contributed by atoms with Crippen molar-refractivity contribution in [3.05, 3.63) is 33.6 Å². The predicted molar refractivity (Wildman–Crippen MR) is 74.9 cm³/mol. The summed E-state index contributed by atoms with van der Waals surface area (Å²) in [5, 5.41) is 10.7. The first-order valence-electron chi connectivity index (χ1n) is 6.69. The quantitative estimate of drug-likeness (QED) is 0.667. The fourth-order valence-electron chi connectivity index (χ4n) is 2.42. The van der Waals surface area contributed by atoms with E-state index in [2.05, 4.69) is 4.72 Å². The van der Waals surface area contributed by atoms with Crippen molar-refractivity contribution >= 4 is 15.7 Å². The zero-order chi connectivity index (χ0) is 15.8. The molecule has 0 radical (unpaired) electrons. The molecule has 21 heavy (non-hydrogen) atoms. The van der Waals surface area contributed by atoms with Crippen LogP contribution in [0.4, 0.5) is 10.1 Å². The van der Waals surface area contributed by atoms with E-state index in [-0.39, 0.29) is 22.4 Å². The molecule has 1 saturated carbocycles. The molecular formula is C13H17FN2O4S. The average molecular weight is 316 g/mol. The minimum absolute atomic E-state index is 0.145. The molecule has 0 heterocycles. The van der Waals surface area contributed by atoms with E-state index in [0.29, 0.717) is 0 Å². The summed E-state index contributed by atoms with van der Waals surface area (Å²) in [4.78, 5) is 9.57. The van der Waals surface area contributed by atoms with E-state index in [1.54, 1.807) is 6.92 Å². The lowest BCUT2D eigenvalue weighted by molar-refractivity contribution is -0.387. The Morgan fingerprint density at radius 1 is 1.43 bits per heavy atom. The molecule has 1 aromatic rings. The lowest BCUT2D eigenvalue weighted by Gasteiger charge is -2.31. The lowest BCUT2D eigenvalue weighted by atomic mass is 9.81.